The predicted molar refractivity (Wildman–Crippen MR) is 97.5 cm³/mol. The van der Waals surface area contributed by atoms with Gasteiger partial charge in [-0.15, -0.1) is 0 Å². The van der Waals surface area contributed by atoms with Crippen LogP contribution in [0.15, 0.2) is 35.0 Å². The Morgan fingerprint density at radius 3 is 3.00 bits per heavy atom. The van der Waals surface area contributed by atoms with E-state index in [4.69, 9.17) is 4.42 Å². The maximum absolute atomic E-state index is 12.4. The van der Waals surface area contributed by atoms with E-state index in [9.17, 15) is 4.79 Å². The lowest BCUT2D eigenvalue weighted by molar-refractivity contribution is -0.125. The number of hydrogen-bond acceptors (Lipinski definition) is 5. The van der Waals surface area contributed by atoms with Gasteiger partial charge in [-0.05, 0) is 38.8 Å². The molecule has 3 aromatic rings. The van der Waals surface area contributed by atoms with E-state index in [0.717, 1.165) is 41.7 Å². The largest absolute Gasteiger partial charge is 0.450 e. The summed E-state index contributed by atoms with van der Waals surface area (Å²) in [6.07, 6.45) is 3.45. The second-order valence-corrected chi connectivity index (χ2v) is 6.92. The highest BCUT2D eigenvalue weighted by atomic mass is 16.3. The van der Waals surface area contributed by atoms with Gasteiger partial charge in [-0.1, -0.05) is 12.1 Å². The lowest BCUT2D eigenvalue weighted by Crippen LogP contribution is -2.45. The third-order valence-electron chi connectivity index (χ3n) is 4.66. The molecule has 0 saturated carbocycles. The van der Waals surface area contributed by atoms with Crippen LogP contribution in [-0.2, 0) is 4.79 Å². The molecule has 1 aliphatic heterocycles. The Balaban J connectivity index is 1.68. The standard InChI is InChI=1S/C19H22N4O2/c1-12(2)22-19(24)13-6-5-9-23(10-13)18-17-16(20-11-21-18)14-7-3-4-8-15(14)25-17/h3-4,7-8,11-13H,5-6,9-10H2,1-2H3,(H,22,24)/t13-/m0/s1. The Bertz CT molecular complexity index is 918. The second-order valence-electron chi connectivity index (χ2n) is 6.92. The van der Waals surface area contributed by atoms with Gasteiger partial charge in [0, 0.05) is 24.5 Å². The average molecular weight is 338 g/mol. The number of nitrogens with zero attached hydrogens (tertiary/aromatic N) is 3. The Morgan fingerprint density at radius 1 is 1.32 bits per heavy atom. The van der Waals surface area contributed by atoms with Crippen LogP contribution in [0.2, 0.25) is 0 Å². The monoisotopic (exact) mass is 338 g/mol. The highest BCUT2D eigenvalue weighted by Crippen LogP contribution is 2.33. The lowest BCUT2D eigenvalue weighted by Gasteiger charge is -2.33. The highest BCUT2D eigenvalue weighted by Gasteiger charge is 2.28. The van der Waals surface area contributed by atoms with Crippen LogP contribution in [0.4, 0.5) is 5.82 Å². The fourth-order valence-corrected chi connectivity index (χ4v) is 3.52. The average Bonchev–Trinajstić information content (AvgIpc) is 3.00. The molecule has 25 heavy (non-hydrogen) atoms. The minimum absolute atomic E-state index is 0.0226. The Hall–Kier alpha value is -2.63. The van der Waals surface area contributed by atoms with Crippen molar-refractivity contribution >= 4 is 33.8 Å². The van der Waals surface area contributed by atoms with E-state index >= 15 is 0 Å². The van der Waals surface area contributed by atoms with E-state index in [-0.39, 0.29) is 17.9 Å². The first kappa shape index (κ1) is 15.9. The van der Waals surface area contributed by atoms with Gasteiger partial charge in [0.25, 0.3) is 0 Å². The molecule has 130 valence electrons. The summed E-state index contributed by atoms with van der Waals surface area (Å²) in [5.41, 5.74) is 2.34. The number of carbonyl (C=O) groups is 1. The fourth-order valence-electron chi connectivity index (χ4n) is 3.52. The van der Waals surface area contributed by atoms with Gasteiger partial charge in [0.2, 0.25) is 5.91 Å². The molecule has 2 aromatic heterocycles. The number of nitrogens with one attached hydrogen (secondary N) is 1. The number of fused-ring (bicyclic) bond motifs is 3. The summed E-state index contributed by atoms with van der Waals surface area (Å²) in [5.74, 6) is 0.878. The van der Waals surface area contributed by atoms with E-state index in [1.807, 2.05) is 38.1 Å². The quantitative estimate of drug-likeness (QED) is 0.794. The van der Waals surface area contributed by atoms with Gasteiger partial charge in [-0.2, -0.15) is 0 Å². The topological polar surface area (TPSA) is 71.3 Å². The van der Waals surface area contributed by atoms with Crippen molar-refractivity contribution < 1.29 is 9.21 Å². The van der Waals surface area contributed by atoms with E-state index < -0.39 is 0 Å². The maximum atomic E-state index is 12.4. The molecule has 1 fully saturated rings. The van der Waals surface area contributed by atoms with Crippen LogP contribution >= 0.6 is 0 Å². The molecule has 1 aromatic carbocycles. The molecule has 0 aliphatic carbocycles. The molecule has 1 atom stereocenters. The van der Waals surface area contributed by atoms with Gasteiger partial charge in [0.15, 0.2) is 11.4 Å². The number of furan rings is 1. The number of piperidine rings is 1. The molecule has 1 amide bonds. The molecule has 0 bridgehead atoms. The Morgan fingerprint density at radius 2 is 2.16 bits per heavy atom. The number of para-hydroxylation sites is 1. The molecule has 6 heteroatoms. The van der Waals surface area contributed by atoms with Crippen molar-refractivity contribution in [2.45, 2.75) is 32.7 Å². The normalized spacial score (nSPS) is 18.2. The smallest absolute Gasteiger partial charge is 0.225 e. The fraction of sp³-hybridized carbons (Fsp3) is 0.421. The van der Waals surface area contributed by atoms with Crippen molar-refractivity contribution in [1.29, 1.82) is 0 Å². The molecule has 3 heterocycles. The molecule has 1 aliphatic rings. The molecule has 0 spiro atoms. The highest BCUT2D eigenvalue weighted by molar-refractivity contribution is 6.05. The van der Waals surface area contributed by atoms with E-state index in [1.54, 1.807) is 6.33 Å². The molecule has 0 radical (unpaired) electrons. The summed E-state index contributed by atoms with van der Waals surface area (Å²) in [4.78, 5) is 23.4. The van der Waals surface area contributed by atoms with E-state index in [1.165, 1.54) is 0 Å². The maximum Gasteiger partial charge on any atom is 0.225 e. The zero-order valence-corrected chi connectivity index (χ0v) is 14.5. The number of amides is 1. The molecule has 6 nitrogen and oxygen atoms in total. The molecular weight excluding hydrogens is 316 g/mol. The molecule has 4 rings (SSSR count). The van der Waals surface area contributed by atoms with Gasteiger partial charge in [-0.25, -0.2) is 9.97 Å². The molecule has 1 N–H and O–H groups in total. The molecule has 1 saturated heterocycles. The Labute approximate surface area is 146 Å². The van der Waals surface area contributed by atoms with Crippen LogP contribution in [0.25, 0.3) is 22.1 Å². The molecule has 0 unspecified atom stereocenters. The number of rotatable bonds is 3. The van der Waals surface area contributed by atoms with Crippen LogP contribution in [0.3, 0.4) is 0 Å². The number of anilines is 1. The SMILES string of the molecule is CC(C)NC(=O)[C@H]1CCCN(c2ncnc3c2oc2ccccc23)C1. The van der Waals surface area contributed by atoms with Crippen molar-refractivity contribution in [2.24, 2.45) is 5.92 Å². The summed E-state index contributed by atoms with van der Waals surface area (Å²) in [6, 6.07) is 8.03. The summed E-state index contributed by atoms with van der Waals surface area (Å²) in [6.45, 7) is 5.50. The van der Waals surface area contributed by atoms with Crippen LogP contribution in [-0.4, -0.2) is 35.0 Å². The van der Waals surface area contributed by atoms with Gasteiger partial charge >= 0.3 is 0 Å². The molecular formula is C19H22N4O2. The van der Waals surface area contributed by atoms with Gasteiger partial charge in [-0.3, -0.25) is 4.79 Å². The first-order valence-electron chi connectivity index (χ1n) is 8.81. The van der Waals surface area contributed by atoms with E-state index in [2.05, 4.69) is 20.2 Å². The zero-order chi connectivity index (χ0) is 17.4. The van der Waals surface area contributed by atoms with E-state index in [0.29, 0.717) is 12.1 Å². The number of hydrogen-bond donors (Lipinski definition) is 1. The summed E-state index contributed by atoms with van der Waals surface area (Å²) in [7, 11) is 0. The van der Waals surface area contributed by atoms with Gasteiger partial charge in [0.05, 0.1) is 5.92 Å². The van der Waals surface area contributed by atoms with Gasteiger partial charge < -0.3 is 14.6 Å². The predicted octanol–water partition coefficient (Wildman–Crippen LogP) is 3.12. The minimum atomic E-state index is -0.0226. The summed E-state index contributed by atoms with van der Waals surface area (Å²) >= 11 is 0. The minimum Gasteiger partial charge on any atom is -0.450 e. The Kier molecular flexibility index (Phi) is 4.03. The first-order valence-corrected chi connectivity index (χ1v) is 8.81. The van der Waals surface area contributed by atoms with Crippen molar-refractivity contribution in [1.82, 2.24) is 15.3 Å². The first-order chi connectivity index (χ1) is 12.1. The number of aromatic nitrogens is 2. The third-order valence-corrected chi connectivity index (χ3v) is 4.66. The van der Waals surface area contributed by atoms with Crippen molar-refractivity contribution in [3.63, 3.8) is 0 Å². The van der Waals surface area contributed by atoms with Crippen LogP contribution in [0, 0.1) is 5.92 Å². The van der Waals surface area contributed by atoms with Crippen LogP contribution in [0.1, 0.15) is 26.7 Å². The third kappa shape index (κ3) is 2.92. The lowest BCUT2D eigenvalue weighted by atomic mass is 9.97. The van der Waals surface area contributed by atoms with Crippen LogP contribution < -0.4 is 10.2 Å². The van der Waals surface area contributed by atoms with Crippen LogP contribution in [0.5, 0.6) is 0 Å². The van der Waals surface area contributed by atoms with Gasteiger partial charge in [0.1, 0.15) is 17.4 Å². The van der Waals surface area contributed by atoms with Crippen molar-refractivity contribution in [3.8, 4) is 0 Å². The summed E-state index contributed by atoms with van der Waals surface area (Å²) < 4.78 is 6.03. The van der Waals surface area contributed by atoms with Crippen molar-refractivity contribution in [2.75, 3.05) is 18.0 Å². The summed E-state index contributed by atoms with van der Waals surface area (Å²) in [5, 5.41) is 4.01. The number of carbonyl (C=O) groups excluding carboxylic acids is 1. The second kappa shape index (κ2) is 6.35. The van der Waals surface area contributed by atoms with Crippen molar-refractivity contribution in [3.05, 3.63) is 30.6 Å². The number of benzene rings is 1. The zero-order valence-electron chi connectivity index (χ0n) is 14.5.